The van der Waals surface area contributed by atoms with Crippen molar-refractivity contribution in [2.75, 3.05) is 6.54 Å². The lowest BCUT2D eigenvalue weighted by atomic mass is 10.0. The topological polar surface area (TPSA) is 25.2 Å². The average Bonchev–Trinajstić information content (AvgIpc) is 2.80. The van der Waals surface area contributed by atoms with Crippen LogP contribution in [0.4, 0.5) is 4.39 Å². The number of halogens is 2. The molecule has 2 rings (SSSR count). The number of rotatable bonds is 5. The molecule has 1 unspecified atom stereocenters. The van der Waals surface area contributed by atoms with E-state index >= 15 is 0 Å². The summed E-state index contributed by atoms with van der Waals surface area (Å²) < 4.78 is 18.5. The van der Waals surface area contributed by atoms with Gasteiger partial charge in [-0.25, -0.2) is 4.39 Å². The molecule has 0 spiro atoms. The molecule has 0 aliphatic heterocycles. The minimum absolute atomic E-state index is 0.143. The smallest absolute Gasteiger partial charge is 0.141 e. The minimum Gasteiger partial charge on any atom is -0.469 e. The maximum Gasteiger partial charge on any atom is 0.141 e. The van der Waals surface area contributed by atoms with Crippen LogP contribution in [0.15, 0.2) is 34.9 Å². The summed E-state index contributed by atoms with van der Waals surface area (Å²) in [4.78, 5) is 0. The summed E-state index contributed by atoms with van der Waals surface area (Å²) in [7, 11) is 0. The Balaban J connectivity index is 2.18. The number of hydrogen-bond donors (Lipinski definition) is 1. The molecule has 1 N–H and O–H groups in total. The average molecular weight is 282 g/mol. The number of likely N-dealkylation sites (N-methyl/N-ethyl adjacent to an activating group) is 1. The SMILES string of the molecule is CCNC(Cc1ccc(F)c(Cl)c1)c1coc(C)c1. The highest BCUT2D eigenvalue weighted by atomic mass is 35.5. The van der Waals surface area contributed by atoms with E-state index in [0.29, 0.717) is 0 Å². The maximum atomic E-state index is 13.1. The molecule has 2 nitrogen and oxygen atoms in total. The Morgan fingerprint density at radius 3 is 2.74 bits per heavy atom. The molecule has 0 saturated heterocycles. The Kier molecular flexibility index (Phi) is 4.61. The van der Waals surface area contributed by atoms with Crippen molar-refractivity contribution in [2.45, 2.75) is 26.3 Å². The van der Waals surface area contributed by atoms with Crippen LogP contribution in [0.5, 0.6) is 0 Å². The highest BCUT2D eigenvalue weighted by molar-refractivity contribution is 6.30. The molecule has 102 valence electrons. The van der Waals surface area contributed by atoms with E-state index in [2.05, 4.69) is 12.2 Å². The lowest BCUT2D eigenvalue weighted by Crippen LogP contribution is -2.22. The van der Waals surface area contributed by atoms with Gasteiger partial charge in [-0.15, -0.1) is 0 Å². The number of aryl methyl sites for hydroxylation is 1. The summed E-state index contributed by atoms with van der Waals surface area (Å²) >= 11 is 5.81. The van der Waals surface area contributed by atoms with Gasteiger partial charge in [-0.2, -0.15) is 0 Å². The van der Waals surface area contributed by atoms with Gasteiger partial charge < -0.3 is 9.73 Å². The molecule has 1 heterocycles. The van der Waals surface area contributed by atoms with Crippen LogP contribution < -0.4 is 5.32 Å². The van der Waals surface area contributed by atoms with Crippen molar-refractivity contribution in [2.24, 2.45) is 0 Å². The molecule has 4 heteroatoms. The first-order valence-electron chi connectivity index (χ1n) is 6.32. The molecule has 0 aliphatic carbocycles. The zero-order valence-corrected chi connectivity index (χ0v) is 11.8. The fraction of sp³-hybridized carbons (Fsp3) is 0.333. The second kappa shape index (κ2) is 6.22. The molecule has 1 aromatic carbocycles. The van der Waals surface area contributed by atoms with Crippen LogP contribution >= 0.6 is 11.6 Å². The third-order valence-corrected chi connectivity index (χ3v) is 3.32. The van der Waals surface area contributed by atoms with Gasteiger partial charge in [0.2, 0.25) is 0 Å². The first-order chi connectivity index (χ1) is 9.10. The third-order valence-electron chi connectivity index (χ3n) is 3.03. The van der Waals surface area contributed by atoms with Crippen molar-refractivity contribution in [3.8, 4) is 0 Å². The normalized spacial score (nSPS) is 12.6. The first-order valence-corrected chi connectivity index (χ1v) is 6.70. The fourth-order valence-corrected chi connectivity index (χ4v) is 2.31. The van der Waals surface area contributed by atoms with Crippen LogP contribution in [0.3, 0.4) is 0 Å². The molecular weight excluding hydrogens is 265 g/mol. The molecule has 1 aromatic heterocycles. The van der Waals surface area contributed by atoms with Gasteiger partial charge in [0.15, 0.2) is 0 Å². The van der Waals surface area contributed by atoms with Gasteiger partial charge >= 0.3 is 0 Å². The summed E-state index contributed by atoms with van der Waals surface area (Å²) in [5, 5.41) is 3.56. The van der Waals surface area contributed by atoms with Crippen molar-refractivity contribution in [3.05, 3.63) is 58.3 Å². The Hall–Kier alpha value is -1.32. The summed E-state index contributed by atoms with van der Waals surface area (Å²) in [5.74, 6) is 0.500. The van der Waals surface area contributed by atoms with Crippen molar-refractivity contribution in [1.82, 2.24) is 5.32 Å². The van der Waals surface area contributed by atoms with Gasteiger partial charge in [0.1, 0.15) is 11.6 Å². The van der Waals surface area contributed by atoms with Gasteiger partial charge in [-0.05, 0) is 43.7 Å². The van der Waals surface area contributed by atoms with Crippen molar-refractivity contribution >= 4 is 11.6 Å². The van der Waals surface area contributed by atoms with Crippen LogP contribution in [0.1, 0.15) is 29.9 Å². The number of hydrogen-bond acceptors (Lipinski definition) is 2. The predicted molar refractivity (Wildman–Crippen MR) is 75.0 cm³/mol. The summed E-state index contributed by atoms with van der Waals surface area (Å²) in [6.45, 7) is 4.82. The third kappa shape index (κ3) is 3.58. The zero-order valence-electron chi connectivity index (χ0n) is 11.0. The van der Waals surface area contributed by atoms with E-state index in [0.717, 1.165) is 29.9 Å². The first kappa shape index (κ1) is 14.1. The predicted octanol–water partition coefficient (Wildman–Crippen LogP) is 4.27. The van der Waals surface area contributed by atoms with Crippen LogP contribution in [-0.4, -0.2) is 6.54 Å². The van der Waals surface area contributed by atoms with Crippen molar-refractivity contribution in [3.63, 3.8) is 0 Å². The molecule has 0 saturated carbocycles. The van der Waals surface area contributed by atoms with E-state index in [1.165, 1.54) is 6.07 Å². The summed E-state index contributed by atoms with van der Waals surface area (Å²) in [6, 6.07) is 7.00. The number of furan rings is 1. The van der Waals surface area contributed by atoms with Gasteiger partial charge in [0.25, 0.3) is 0 Å². The minimum atomic E-state index is -0.385. The van der Waals surface area contributed by atoms with Crippen LogP contribution in [0, 0.1) is 12.7 Å². The van der Waals surface area contributed by atoms with Gasteiger partial charge in [-0.3, -0.25) is 0 Å². The zero-order chi connectivity index (χ0) is 13.8. The summed E-state index contributed by atoms with van der Waals surface area (Å²) in [5.41, 5.74) is 2.09. The molecule has 0 radical (unpaired) electrons. The van der Waals surface area contributed by atoms with Gasteiger partial charge in [0.05, 0.1) is 11.3 Å². The number of nitrogens with one attached hydrogen (secondary N) is 1. The molecule has 0 fully saturated rings. The molecule has 2 aromatic rings. The standard InChI is InChI=1S/C15H17ClFNO/c1-3-18-15(12-6-10(2)19-9-12)8-11-4-5-14(17)13(16)7-11/h4-7,9,15,18H,3,8H2,1-2H3. The van der Waals surface area contributed by atoms with E-state index < -0.39 is 0 Å². The van der Waals surface area contributed by atoms with E-state index in [-0.39, 0.29) is 16.9 Å². The number of benzene rings is 1. The van der Waals surface area contributed by atoms with Crippen LogP contribution in [0.25, 0.3) is 0 Å². The molecule has 0 aliphatic rings. The second-order valence-electron chi connectivity index (χ2n) is 4.55. The van der Waals surface area contributed by atoms with E-state index in [4.69, 9.17) is 16.0 Å². The largest absolute Gasteiger partial charge is 0.469 e. The molecule has 19 heavy (non-hydrogen) atoms. The molecule has 0 bridgehead atoms. The van der Waals surface area contributed by atoms with E-state index in [1.54, 1.807) is 18.4 Å². The Labute approximate surface area is 117 Å². The fourth-order valence-electron chi connectivity index (χ4n) is 2.10. The molecule has 0 amide bonds. The van der Waals surface area contributed by atoms with Gasteiger partial charge in [0, 0.05) is 11.6 Å². The quantitative estimate of drug-likeness (QED) is 0.885. The Morgan fingerprint density at radius 2 is 2.16 bits per heavy atom. The van der Waals surface area contributed by atoms with Crippen molar-refractivity contribution < 1.29 is 8.81 Å². The van der Waals surface area contributed by atoms with Crippen molar-refractivity contribution in [1.29, 1.82) is 0 Å². The monoisotopic (exact) mass is 281 g/mol. The molecular formula is C15H17ClFNO. The lowest BCUT2D eigenvalue weighted by Gasteiger charge is -2.16. The maximum absolute atomic E-state index is 13.1. The second-order valence-corrected chi connectivity index (χ2v) is 4.96. The van der Waals surface area contributed by atoms with Crippen LogP contribution in [-0.2, 0) is 6.42 Å². The van der Waals surface area contributed by atoms with E-state index in [1.807, 2.05) is 13.0 Å². The Bertz CT molecular complexity index is 553. The van der Waals surface area contributed by atoms with Gasteiger partial charge in [-0.1, -0.05) is 24.6 Å². The summed E-state index contributed by atoms with van der Waals surface area (Å²) in [6.07, 6.45) is 2.50. The molecule has 1 atom stereocenters. The van der Waals surface area contributed by atoms with E-state index in [9.17, 15) is 4.39 Å². The Morgan fingerprint density at radius 1 is 1.37 bits per heavy atom. The highest BCUT2D eigenvalue weighted by Gasteiger charge is 2.14. The van der Waals surface area contributed by atoms with Crippen LogP contribution in [0.2, 0.25) is 5.02 Å². The highest BCUT2D eigenvalue weighted by Crippen LogP contribution is 2.23. The lowest BCUT2D eigenvalue weighted by molar-refractivity contribution is 0.511.